The lowest BCUT2D eigenvalue weighted by molar-refractivity contribution is -0.140. The number of hydrogen-bond donors (Lipinski definition) is 1. The van der Waals surface area contributed by atoms with Crippen molar-refractivity contribution in [1.29, 1.82) is 0 Å². The van der Waals surface area contributed by atoms with Gasteiger partial charge in [-0.1, -0.05) is 29.5 Å². The van der Waals surface area contributed by atoms with Gasteiger partial charge in [0.15, 0.2) is 0 Å². The molecule has 0 radical (unpaired) electrons. The predicted octanol–water partition coefficient (Wildman–Crippen LogP) is 1.19. The van der Waals surface area contributed by atoms with Crippen molar-refractivity contribution in [2.45, 2.75) is 25.4 Å². The van der Waals surface area contributed by atoms with Gasteiger partial charge >= 0.3 is 5.69 Å². The molecule has 0 spiro atoms. The number of ether oxygens (including phenoxy) is 1. The molecule has 0 aromatic carbocycles. The second-order valence-corrected chi connectivity index (χ2v) is 4.99. The minimum Gasteiger partial charge on any atom is -0.321 e. The Bertz CT molecular complexity index is 529. The Labute approximate surface area is 110 Å². The fraction of sp³-hybridized carbons (Fsp3) is 0.600. The number of H-pyrrole nitrogens is 1. The minimum absolute atomic E-state index is 0.127. The zero-order valence-electron chi connectivity index (χ0n) is 9.15. The lowest BCUT2D eigenvalue weighted by Gasteiger charge is -2.19. The normalized spacial score (nSPS) is 32.9. The molecule has 1 aliphatic rings. The Morgan fingerprint density at radius 3 is 2.94 bits per heavy atom. The zero-order valence-corrected chi connectivity index (χ0v) is 11.3. The number of aromatic amines is 1. The third-order valence-electron chi connectivity index (χ3n) is 2.77. The van der Waals surface area contributed by atoms with Crippen molar-refractivity contribution in [3.63, 3.8) is 0 Å². The molecule has 2 heterocycles. The van der Waals surface area contributed by atoms with Crippen LogP contribution in [0.5, 0.6) is 0 Å². The van der Waals surface area contributed by atoms with Crippen LogP contribution in [0.25, 0.3) is 0 Å². The van der Waals surface area contributed by atoms with Gasteiger partial charge in [0.2, 0.25) is 5.85 Å². The van der Waals surface area contributed by atoms with Gasteiger partial charge in [0.25, 0.3) is 5.56 Å². The van der Waals surface area contributed by atoms with Crippen LogP contribution in [0.4, 0.5) is 4.39 Å². The number of rotatable bonds is 2. The quantitative estimate of drug-likeness (QED) is 0.641. The first-order valence-corrected chi connectivity index (χ1v) is 6.72. The van der Waals surface area contributed by atoms with Crippen molar-refractivity contribution in [1.82, 2.24) is 9.55 Å². The number of nitrogens with zero attached hydrogens (tertiary/aromatic N) is 1. The molecule has 1 N–H and O–H groups in total. The van der Waals surface area contributed by atoms with Crippen molar-refractivity contribution in [3.8, 4) is 0 Å². The van der Waals surface area contributed by atoms with Crippen LogP contribution in [0.1, 0.15) is 19.6 Å². The highest BCUT2D eigenvalue weighted by Gasteiger charge is 2.45. The minimum atomic E-state index is -1.69. The van der Waals surface area contributed by atoms with Crippen molar-refractivity contribution in [3.05, 3.63) is 33.1 Å². The first kappa shape index (κ1) is 12.7. The third-order valence-corrected chi connectivity index (χ3v) is 3.91. The van der Waals surface area contributed by atoms with Gasteiger partial charge in [-0.2, -0.15) is 0 Å². The van der Waals surface area contributed by atoms with E-state index in [-0.39, 0.29) is 16.8 Å². The van der Waals surface area contributed by atoms with E-state index in [0.717, 1.165) is 0 Å². The van der Waals surface area contributed by atoms with E-state index in [2.05, 4.69) is 4.98 Å². The summed E-state index contributed by atoms with van der Waals surface area (Å²) >= 11 is 1.91. The standard InChI is InChI=1S/C10H12FIN2O3/c1-6-4-10(11,5-12)17-8(6)14-3-2-7(15)13-9(14)16/h2-3,6,8H,4-5H2,1H3,(H,13,15,16)/t6-,8+,10-/m0/s1. The van der Waals surface area contributed by atoms with Crippen molar-refractivity contribution < 1.29 is 9.13 Å². The summed E-state index contributed by atoms with van der Waals surface area (Å²) in [4.78, 5) is 24.6. The van der Waals surface area contributed by atoms with Crippen LogP contribution in [0, 0.1) is 5.92 Å². The van der Waals surface area contributed by atoms with Crippen LogP contribution in [-0.2, 0) is 4.74 Å². The maximum absolute atomic E-state index is 14.0. The summed E-state index contributed by atoms with van der Waals surface area (Å²) in [5.41, 5.74) is -1.05. The molecular formula is C10H12FIN2O3. The molecule has 1 aromatic rings. The van der Waals surface area contributed by atoms with E-state index < -0.39 is 23.3 Å². The number of hydrogen-bond acceptors (Lipinski definition) is 3. The van der Waals surface area contributed by atoms with Crippen molar-refractivity contribution in [2.75, 3.05) is 4.43 Å². The van der Waals surface area contributed by atoms with E-state index in [1.807, 2.05) is 29.5 Å². The zero-order chi connectivity index (χ0) is 12.6. The van der Waals surface area contributed by atoms with Crippen LogP contribution in [-0.4, -0.2) is 19.8 Å². The third kappa shape index (κ3) is 2.44. The summed E-state index contributed by atoms with van der Waals surface area (Å²) in [5.74, 6) is -1.82. The van der Waals surface area contributed by atoms with Gasteiger partial charge in [0, 0.05) is 24.6 Å². The van der Waals surface area contributed by atoms with Gasteiger partial charge in [-0.15, -0.1) is 0 Å². The average molecular weight is 354 g/mol. The Kier molecular flexibility index (Phi) is 3.39. The van der Waals surface area contributed by atoms with Gasteiger partial charge in [-0.25, -0.2) is 9.18 Å². The van der Waals surface area contributed by atoms with Crippen LogP contribution in [0.15, 0.2) is 21.9 Å². The van der Waals surface area contributed by atoms with Gasteiger partial charge in [0.1, 0.15) is 6.23 Å². The van der Waals surface area contributed by atoms with E-state index >= 15 is 0 Å². The highest BCUT2D eigenvalue weighted by molar-refractivity contribution is 14.1. The molecule has 0 bridgehead atoms. The van der Waals surface area contributed by atoms with Crippen LogP contribution < -0.4 is 11.2 Å². The molecule has 1 aromatic heterocycles. The van der Waals surface area contributed by atoms with Crippen LogP contribution >= 0.6 is 22.6 Å². The summed E-state index contributed by atoms with van der Waals surface area (Å²) < 4.78 is 20.7. The monoisotopic (exact) mass is 354 g/mol. The van der Waals surface area contributed by atoms with Crippen LogP contribution in [0.2, 0.25) is 0 Å². The molecule has 3 atom stereocenters. The Balaban J connectivity index is 2.35. The SMILES string of the molecule is C[C@H]1C[C@@](F)(CI)O[C@H]1n1ccc(=O)[nH]c1=O. The highest BCUT2D eigenvalue weighted by atomic mass is 127. The molecule has 1 fully saturated rings. The summed E-state index contributed by atoms with van der Waals surface area (Å²) in [6.45, 7) is 1.82. The van der Waals surface area contributed by atoms with Gasteiger partial charge in [-0.05, 0) is 0 Å². The largest absolute Gasteiger partial charge is 0.330 e. The second kappa shape index (κ2) is 4.52. The van der Waals surface area contributed by atoms with Gasteiger partial charge in [-0.3, -0.25) is 14.3 Å². The number of aromatic nitrogens is 2. The number of halogens is 2. The first-order chi connectivity index (χ1) is 7.95. The maximum atomic E-state index is 14.0. The van der Waals surface area contributed by atoms with E-state index in [1.54, 1.807) is 0 Å². The maximum Gasteiger partial charge on any atom is 0.330 e. The van der Waals surface area contributed by atoms with E-state index in [9.17, 15) is 14.0 Å². The molecule has 0 aliphatic carbocycles. The fourth-order valence-electron chi connectivity index (χ4n) is 2.01. The second-order valence-electron chi connectivity index (χ2n) is 4.22. The molecule has 0 unspecified atom stereocenters. The molecule has 17 heavy (non-hydrogen) atoms. The van der Waals surface area contributed by atoms with Crippen molar-refractivity contribution >= 4 is 22.6 Å². The molecule has 7 heteroatoms. The predicted molar refractivity (Wildman–Crippen MR) is 68.0 cm³/mol. The van der Waals surface area contributed by atoms with E-state index in [1.165, 1.54) is 16.8 Å². The molecule has 1 aliphatic heterocycles. The van der Waals surface area contributed by atoms with Crippen molar-refractivity contribution in [2.24, 2.45) is 5.92 Å². The smallest absolute Gasteiger partial charge is 0.321 e. The molecule has 0 amide bonds. The molecule has 2 rings (SSSR count). The molecular weight excluding hydrogens is 342 g/mol. The van der Waals surface area contributed by atoms with E-state index in [4.69, 9.17) is 4.74 Å². The lowest BCUT2D eigenvalue weighted by atomic mass is 10.1. The number of alkyl halides is 2. The highest BCUT2D eigenvalue weighted by Crippen LogP contribution is 2.42. The molecule has 94 valence electrons. The summed E-state index contributed by atoms with van der Waals surface area (Å²) in [7, 11) is 0. The van der Waals surface area contributed by atoms with Gasteiger partial charge in [0.05, 0.1) is 4.43 Å². The number of nitrogens with one attached hydrogen (secondary N) is 1. The Hall–Kier alpha value is -0.700. The summed E-state index contributed by atoms with van der Waals surface area (Å²) in [5, 5.41) is 0. The molecule has 0 saturated carbocycles. The van der Waals surface area contributed by atoms with E-state index in [0.29, 0.717) is 0 Å². The topological polar surface area (TPSA) is 64.1 Å². The van der Waals surface area contributed by atoms with Gasteiger partial charge < -0.3 is 4.74 Å². The summed E-state index contributed by atoms with van der Waals surface area (Å²) in [6.07, 6.45) is 0.909. The lowest BCUT2D eigenvalue weighted by Crippen LogP contribution is -2.34. The Morgan fingerprint density at radius 2 is 2.41 bits per heavy atom. The molecule has 1 saturated heterocycles. The molecule has 5 nitrogen and oxygen atoms in total. The average Bonchev–Trinajstić information content (AvgIpc) is 2.55. The summed E-state index contributed by atoms with van der Waals surface area (Å²) in [6, 6.07) is 1.22. The van der Waals surface area contributed by atoms with Crippen LogP contribution in [0.3, 0.4) is 0 Å². The first-order valence-electron chi connectivity index (χ1n) is 5.19. The Morgan fingerprint density at radius 1 is 1.71 bits per heavy atom. The fourth-order valence-corrected chi connectivity index (χ4v) is 2.50.